The van der Waals surface area contributed by atoms with Crippen LogP contribution in [0.25, 0.3) is 0 Å². The highest BCUT2D eigenvalue weighted by Crippen LogP contribution is 2.31. The van der Waals surface area contributed by atoms with Crippen molar-refractivity contribution in [3.63, 3.8) is 0 Å². The number of anilines is 3. The van der Waals surface area contributed by atoms with Gasteiger partial charge in [-0.3, -0.25) is 0 Å². The van der Waals surface area contributed by atoms with Gasteiger partial charge >= 0.3 is 0 Å². The molecule has 0 amide bonds. The van der Waals surface area contributed by atoms with E-state index in [1.54, 1.807) is 0 Å². The summed E-state index contributed by atoms with van der Waals surface area (Å²) in [4.78, 5) is 8.66. The van der Waals surface area contributed by atoms with E-state index in [4.69, 9.17) is 11.6 Å². The van der Waals surface area contributed by atoms with Crippen molar-refractivity contribution in [2.45, 2.75) is 13.8 Å². The lowest BCUT2D eigenvalue weighted by atomic mass is 10.3. The second-order valence-electron chi connectivity index (χ2n) is 3.94. The van der Waals surface area contributed by atoms with Crippen LogP contribution in [0.2, 0.25) is 5.02 Å². The first kappa shape index (κ1) is 14.1. The summed E-state index contributed by atoms with van der Waals surface area (Å²) in [6, 6.07) is 7.50. The number of halogens is 2. The fraction of sp³-hybridized carbons (Fsp3) is 0.231. The SMILES string of the molecule is CCNc1cc(Nc2cccc(Cl)c2Br)nc(C)n1. The molecule has 2 aromatic rings. The normalized spacial score (nSPS) is 10.3. The molecule has 0 fully saturated rings. The van der Waals surface area contributed by atoms with Gasteiger partial charge < -0.3 is 10.6 Å². The predicted octanol–water partition coefficient (Wildman–Crippen LogP) is 4.38. The lowest BCUT2D eigenvalue weighted by Gasteiger charge is -2.11. The molecule has 1 aromatic heterocycles. The van der Waals surface area contributed by atoms with Crippen LogP contribution in [-0.4, -0.2) is 16.5 Å². The zero-order valence-corrected chi connectivity index (χ0v) is 13.0. The van der Waals surface area contributed by atoms with E-state index in [2.05, 4.69) is 36.5 Å². The van der Waals surface area contributed by atoms with E-state index in [0.29, 0.717) is 10.8 Å². The zero-order valence-electron chi connectivity index (χ0n) is 10.7. The van der Waals surface area contributed by atoms with Crippen LogP contribution < -0.4 is 10.6 Å². The van der Waals surface area contributed by atoms with Crippen LogP contribution >= 0.6 is 27.5 Å². The Bertz CT molecular complexity index is 589. The van der Waals surface area contributed by atoms with Crippen LogP contribution in [0.3, 0.4) is 0 Å². The summed E-state index contributed by atoms with van der Waals surface area (Å²) in [5, 5.41) is 7.06. The maximum absolute atomic E-state index is 6.06. The highest BCUT2D eigenvalue weighted by molar-refractivity contribution is 9.10. The number of aryl methyl sites for hydroxylation is 1. The van der Waals surface area contributed by atoms with E-state index >= 15 is 0 Å². The molecule has 0 saturated heterocycles. The highest BCUT2D eigenvalue weighted by Gasteiger charge is 2.06. The van der Waals surface area contributed by atoms with Gasteiger partial charge in [-0.05, 0) is 41.9 Å². The molecular formula is C13H14BrClN4. The maximum atomic E-state index is 6.06. The Morgan fingerprint density at radius 1 is 1.26 bits per heavy atom. The molecule has 2 rings (SSSR count). The van der Waals surface area contributed by atoms with Gasteiger partial charge in [0.05, 0.1) is 15.2 Å². The lowest BCUT2D eigenvalue weighted by Crippen LogP contribution is -2.04. The average Bonchev–Trinajstić information content (AvgIpc) is 2.35. The summed E-state index contributed by atoms with van der Waals surface area (Å²) in [6.07, 6.45) is 0. The van der Waals surface area contributed by atoms with Gasteiger partial charge in [-0.1, -0.05) is 17.7 Å². The van der Waals surface area contributed by atoms with Gasteiger partial charge in [0.1, 0.15) is 17.5 Å². The third-order valence-electron chi connectivity index (χ3n) is 2.41. The molecule has 0 aliphatic heterocycles. The van der Waals surface area contributed by atoms with Crippen LogP contribution in [0, 0.1) is 6.92 Å². The summed E-state index contributed by atoms with van der Waals surface area (Å²) in [7, 11) is 0. The molecule has 0 saturated carbocycles. The number of hydrogen-bond acceptors (Lipinski definition) is 4. The topological polar surface area (TPSA) is 49.8 Å². The van der Waals surface area contributed by atoms with Crippen molar-refractivity contribution in [1.29, 1.82) is 0 Å². The van der Waals surface area contributed by atoms with Gasteiger partial charge in [0, 0.05) is 12.6 Å². The molecule has 0 aliphatic carbocycles. The molecule has 0 atom stereocenters. The molecule has 2 N–H and O–H groups in total. The van der Waals surface area contributed by atoms with Crippen LogP contribution in [0.15, 0.2) is 28.7 Å². The largest absolute Gasteiger partial charge is 0.370 e. The number of rotatable bonds is 4. The Morgan fingerprint density at radius 2 is 2.00 bits per heavy atom. The molecule has 0 bridgehead atoms. The van der Waals surface area contributed by atoms with Gasteiger partial charge in [0.15, 0.2) is 0 Å². The molecule has 4 nitrogen and oxygen atoms in total. The van der Waals surface area contributed by atoms with Crippen molar-refractivity contribution in [2.24, 2.45) is 0 Å². The van der Waals surface area contributed by atoms with Crippen molar-refractivity contribution in [3.05, 3.63) is 39.6 Å². The van der Waals surface area contributed by atoms with Crippen molar-refractivity contribution in [1.82, 2.24) is 9.97 Å². The van der Waals surface area contributed by atoms with Crippen LogP contribution in [0.4, 0.5) is 17.3 Å². The molecule has 0 spiro atoms. The summed E-state index contributed by atoms with van der Waals surface area (Å²) in [6.45, 7) is 4.70. The summed E-state index contributed by atoms with van der Waals surface area (Å²) in [5.41, 5.74) is 0.869. The molecule has 100 valence electrons. The molecule has 1 aromatic carbocycles. The maximum Gasteiger partial charge on any atom is 0.136 e. The summed E-state index contributed by atoms with van der Waals surface area (Å²) < 4.78 is 0.818. The molecule has 0 unspecified atom stereocenters. The average molecular weight is 342 g/mol. The van der Waals surface area contributed by atoms with Crippen molar-refractivity contribution < 1.29 is 0 Å². The highest BCUT2D eigenvalue weighted by atomic mass is 79.9. The number of benzene rings is 1. The first-order valence-electron chi connectivity index (χ1n) is 5.90. The number of nitrogens with zero attached hydrogens (tertiary/aromatic N) is 2. The van der Waals surface area contributed by atoms with E-state index < -0.39 is 0 Å². The Labute approximate surface area is 125 Å². The van der Waals surface area contributed by atoms with Crippen LogP contribution in [0.1, 0.15) is 12.7 Å². The molecule has 19 heavy (non-hydrogen) atoms. The Morgan fingerprint density at radius 3 is 2.74 bits per heavy atom. The van der Waals surface area contributed by atoms with Gasteiger partial charge in [-0.15, -0.1) is 0 Å². The molecular weight excluding hydrogens is 328 g/mol. The van der Waals surface area contributed by atoms with E-state index in [1.165, 1.54) is 0 Å². The van der Waals surface area contributed by atoms with E-state index in [1.807, 2.05) is 38.1 Å². The zero-order chi connectivity index (χ0) is 13.8. The first-order chi connectivity index (χ1) is 9.10. The third-order valence-corrected chi connectivity index (χ3v) is 3.81. The summed E-state index contributed by atoms with van der Waals surface area (Å²) in [5.74, 6) is 2.24. The minimum atomic E-state index is 0.655. The molecule has 0 aliphatic rings. The first-order valence-corrected chi connectivity index (χ1v) is 7.08. The fourth-order valence-electron chi connectivity index (χ4n) is 1.64. The fourth-order valence-corrected chi connectivity index (χ4v) is 2.18. The number of nitrogens with one attached hydrogen (secondary N) is 2. The molecule has 1 heterocycles. The molecule has 0 radical (unpaired) electrons. The van der Waals surface area contributed by atoms with E-state index in [-0.39, 0.29) is 0 Å². The molecule has 6 heteroatoms. The van der Waals surface area contributed by atoms with Crippen LogP contribution in [-0.2, 0) is 0 Å². The van der Waals surface area contributed by atoms with Gasteiger partial charge in [0.25, 0.3) is 0 Å². The van der Waals surface area contributed by atoms with Crippen molar-refractivity contribution in [3.8, 4) is 0 Å². The van der Waals surface area contributed by atoms with Gasteiger partial charge in [-0.25, -0.2) is 9.97 Å². The minimum Gasteiger partial charge on any atom is -0.370 e. The number of hydrogen-bond donors (Lipinski definition) is 2. The lowest BCUT2D eigenvalue weighted by molar-refractivity contribution is 1.04. The van der Waals surface area contributed by atoms with Gasteiger partial charge in [-0.2, -0.15) is 0 Å². The predicted molar refractivity (Wildman–Crippen MR) is 83.4 cm³/mol. The van der Waals surface area contributed by atoms with E-state index in [9.17, 15) is 0 Å². The standard InChI is InChI=1S/C13H14BrClN4/c1-3-16-11-7-12(18-8(2)17-11)19-10-6-4-5-9(15)13(10)14/h4-7H,3H2,1-2H3,(H2,16,17,18,19). The quantitative estimate of drug-likeness (QED) is 0.866. The Balaban J connectivity index is 2.30. The second kappa shape index (κ2) is 6.21. The smallest absolute Gasteiger partial charge is 0.136 e. The second-order valence-corrected chi connectivity index (χ2v) is 5.14. The summed E-state index contributed by atoms with van der Waals surface area (Å²) >= 11 is 9.51. The van der Waals surface area contributed by atoms with Crippen LogP contribution in [0.5, 0.6) is 0 Å². The minimum absolute atomic E-state index is 0.655. The monoisotopic (exact) mass is 340 g/mol. The number of aromatic nitrogens is 2. The van der Waals surface area contributed by atoms with E-state index in [0.717, 1.165) is 28.3 Å². The third kappa shape index (κ3) is 3.58. The van der Waals surface area contributed by atoms with Gasteiger partial charge in [0.2, 0.25) is 0 Å². The Kier molecular flexibility index (Phi) is 4.61. The Hall–Kier alpha value is -1.33. The van der Waals surface area contributed by atoms with Crippen molar-refractivity contribution >= 4 is 44.9 Å². The van der Waals surface area contributed by atoms with Crippen molar-refractivity contribution in [2.75, 3.05) is 17.2 Å².